The van der Waals surface area contributed by atoms with Crippen LogP contribution >= 0.6 is 0 Å². The minimum atomic E-state index is 0.511. The first-order chi connectivity index (χ1) is 8.31. The molecule has 2 aliphatic carbocycles. The molecule has 1 N–H and O–H groups in total. The molecule has 3 rings (SSSR count). The summed E-state index contributed by atoms with van der Waals surface area (Å²) >= 11 is 0. The Hall–Kier alpha value is -1.22. The van der Waals surface area contributed by atoms with Crippen molar-refractivity contribution < 1.29 is 9.47 Å². The summed E-state index contributed by atoms with van der Waals surface area (Å²) in [5.74, 6) is 1.69. The van der Waals surface area contributed by atoms with Gasteiger partial charge in [0, 0.05) is 12.1 Å². The molecule has 0 bridgehead atoms. The van der Waals surface area contributed by atoms with Gasteiger partial charge in [0.2, 0.25) is 0 Å². The summed E-state index contributed by atoms with van der Waals surface area (Å²) in [5.41, 5.74) is 2.80. The number of nitrogens with one attached hydrogen (secondary N) is 1. The van der Waals surface area contributed by atoms with Crippen molar-refractivity contribution >= 4 is 0 Å². The second kappa shape index (κ2) is 4.22. The van der Waals surface area contributed by atoms with Crippen LogP contribution in [0.4, 0.5) is 0 Å². The number of ether oxygens (including phenoxy) is 2. The van der Waals surface area contributed by atoms with Crippen molar-refractivity contribution in [3.63, 3.8) is 0 Å². The lowest BCUT2D eigenvalue weighted by Crippen LogP contribution is -2.21. The summed E-state index contributed by atoms with van der Waals surface area (Å²) in [4.78, 5) is 0. The van der Waals surface area contributed by atoms with E-state index in [4.69, 9.17) is 9.47 Å². The van der Waals surface area contributed by atoms with Crippen LogP contribution in [-0.2, 0) is 6.42 Å². The number of hydrogen-bond donors (Lipinski definition) is 1. The Kier molecular flexibility index (Phi) is 2.71. The fraction of sp³-hybridized carbons (Fsp3) is 0.571. The highest BCUT2D eigenvalue weighted by molar-refractivity contribution is 5.50. The Labute approximate surface area is 102 Å². The van der Waals surface area contributed by atoms with Crippen LogP contribution < -0.4 is 14.8 Å². The van der Waals surface area contributed by atoms with Crippen LogP contribution in [0.3, 0.4) is 0 Å². The topological polar surface area (TPSA) is 30.5 Å². The molecule has 1 atom stereocenters. The first-order valence-electron chi connectivity index (χ1n) is 6.32. The SMILES string of the molecule is COc1cc2c(cc1OC)C(NC1CC1)CC2. The highest BCUT2D eigenvalue weighted by Crippen LogP contribution is 2.40. The molecule has 0 spiro atoms. The quantitative estimate of drug-likeness (QED) is 0.866. The summed E-state index contributed by atoms with van der Waals surface area (Å²) in [6.07, 6.45) is 5.00. The van der Waals surface area contributed by atoms with Crippen molar-refractivity contribution in [2.75, 3.05) is 14.2 Å². The number of rotatable bonds is 4. The van der Waals surface area contributed by atoms with Gasteiger partial charge in [-0.15, -0.1) is 0 Å². The zero-order valence-electron chi connectivity index (χ0n) is 10.5. The third kappa shape index (κ3) is 2.00. The summed E-state index contributed by atoms with van der Waals surface area (Å²) < 4.78 is 10.7. The standard InChI is InChI=1S/C14H19NO2/c1-16-13-7-9-3-6-12(15-10-4-5-10)11(9)8-14(13)17-2/h7-8,10,12,15H,3-6H2,1-2H3. The lowest BCUT2D eigenvalue weighted by Gasteiger charge is -2.15. The summed E-state index contributed by atoms with van der Waals surface area (Å²) in [7, 11) is 3.39. The van der Waals surface area contributed by atoms with E-state index < -0.39 is 0 Å². The molecule has 0 aromatic heterocycles. The first-order valence-corrected chi connectivity index (χ1v) is 6.32. The molecule has 92 valence electrons. The third-order valence-corrected chi connectivity index (χ3v) is 3.74. The molecular formula is C14H19NO2. The largest absolute Gasteiger partial charge is 0.493 e. The predicted octanol–water partition coefficient (Wildman–Crippen LogP) is 2.44. The highest BCUT2D eigenvalue weighted by Gasteiger charge is 2.30. The minimum Gasteiger partial charge on any atom is -0.493 e. The van der Waals surface area contributed by atoms with E-state index in [-0.39, 0.29) is 0 Å². The maximum atomic E-state index is 5.38. The molecule has 1 aromatic rings. The highest BCUT2D eigenvalue weighted by atomic mass is 16.5. The van der Waals surface area contributed by atoms with Gasteiger partial charge in [0.05, 0.1) is 14.2 Å². The van der Waals surface area contributed by atoms with Crippen molar-refractivity contribution in [1.82, 2.24) is 5.32 Å². The number of methoxy groups -OCH3 is 2. The second-order valence-electron chi connectivity index (χ2n) is 4.94. The van der Waals surface area contributed by atoms with Crippen LogP contribution in [0.15, 0.2) is 12.1 Å². The monoisotopic (exact) mass is 233 g/mol. The average Bonchev–Trinajstić information content (AvgIpc) is 3.09. The maximum Gasteiger partial charge on any atom is 0.161 e. The van der Waals surface area contributed by atoms with E-state index in [1.54, 1.807) is 14.2 Å². The molecular weight excluding hydrogens is 214 g/mol. The lowest BCUT2D eigenvalue weighted by molar-refractivity contribution is 0.354. The van der Waals surface area contributed by atoms with Crippen LogP contribution in [0.2, 0.25) is 0 Å². The van der Waals surface area contributed by atoms with Crippen molar-refractivity contribution in [1.29, 1.82) is 0 Å². The summed E-state index contributed by atoms with van der Waals surface area (Å²) in [6, 6.07) is 5.53. The van der Waals surface area contributed by atoms with Crippen molar-refractivity contribution in [2.45, 2.75) is 37.8 Å². The van der Waals surface area contributed by atoms with Gasteiger partial charge >= 0.3 is 0 Å². The van der Waals surface area contributed by atoms with Gasteiger partial charge in [-0.2, -0.15) is 0 Å². The molecule has 0 amide bonds. The van der Waals surface area contributed by atoms with Gasteiger partial charge in [-0.1, -0.05) is 0 Å². The predicted molar refractivity (Wildman–Crippen MR) is 66.8 cm³/mol. The Bertz CT molecular complexity index is 426. The third-order valence-electron chi connectivity index (χ3n) is 3.74. The number of hydrogen-bond acceptors (Lipinski definition) is 3. The fourth-order valence-corrected chi connectivity index (χ4v) is 2.64. The maximum absolute atomic E-state index is 5.38. The van der Waals surface area contributed by atoms with Crippen molar-refractivity contribution in [3.8, 4) is 11.5 Å². The zero-order valence-corrected chi connectivity index (χ0v) is 10.5. The first kappa shape index (κ1) is 10.9. The molecule has 0 aliphatic heterocycles. The van der Waals surface area contributed by atoms with Gasteiger partial charge in [0.25, 0.3) is 0 Å². The van der Waals surface area contributed by atoms with Crippen LogP contribution in [0.25, 0.3) is 0 Å². The van der Waals surface area contributed by atoms with Crippen LogP contribution in [0.1, 0.15) is 36.4 Å². The summed E-state index contributed by atoms with van der Waals surface area (Å²) in [5, 5.41) is 3.70. The van der Waals surface area contributed by atoms with E-state index in [0.717, 1.165) is 24.0 Å². The van der Waals surface area contributed by atoms with E-state index in [0.29, 0.717) is 6.04 Å². The van der Waals surface area contributed by atoms with Gasteiger partial charge < -0.3 is 14.8 Å². The Balaban J connectivity index is 1.90. The van der Waals surface area contributed by atoms with E-state index in [1.807, 2.05) is 0 Å². The second-order valence-corrected chi connectivity index (χ2v) is 4.94. The normalized spacial score (nSPS) is 22.4. The number of aryl methyl sites for hydroxylation is 1. The fourth-order valence-electron chi connectivity index (χ4n) is 2.64. The van der Waals surface area contributed by atoms with E-state index in [9.17, 15) is 0 Å². The molecule has 3 heteroatoms. The molecule has 1 unspecified atom stereocenters. The van der Waals surface area contributed by atoms with Crippen molar-refractivity contribution in [3.05, 3.63) is 23.3 Å². The van der Waals surface area contributed by atoms with Crippen LogP contribution in [0, 0.1) is 0 Å². The Morgan fingerprint density at radius 3 is 2.41 bits per heavy atom. The van der Waals surface area contributed by atoms with E-state index in [1.165, 1.54) is 30.4 Å². The smallest absolute Gasteiger partial charge is 0.161 e. The zero-order chi connectivity index (χ0) is 11.8. The van der Waals surface area contributed by atoms with Crippen LogP contribution in [-0.4, -0.2) is 20.3 Å². The molecule has 17 heavy (non-hydrogen) atoms. The van der Waals surface area contributed by atoms with Crippen molar-refractivity contribution in [2.24, 2.45) is 0 Å². The van der Waals surface area contributed by atoms with Gasteiger partial charge in [-0.25, -0.2) is 0 Å². The molecule has 1 aromatic carbocycles. The number of benzene rings is 1. The molecule has 1 saturated carbocycles. The van der Waals surface area contributed by atoms with Gasteiger partial charge in [-0.3, -0.25) is 0 Å². The van der Waals surface area contributed by atoms with Gasteiger partial charge in [0.1, 0.15) is 0 Å². The molecule has 0 saturated heterocycles. The molecule has 3 nitrogen and oxygen atoms in total. The molecule has 0 heterocycles. The summed E-state index contributed by atoms with van der Waals surface area (Å²) in [6.45, 7) is 0. The Morgan fingerprint density at radius 1 is 1.06 bits per heavy atom. The van der Waals surface area contributed by atoms with Gasteiger partial charge in [-0.05, 0) is 48.9 Å². The lowest BCUT2D eigenvalue weighted by atomic mass is 10.1. The van der Waals surface area contributed by atoms with Gasteiger partial charge in [0.15, 0.2) is 11.5 Å². The Morgan fingerprint density at radius 2 is 1.76 bits per heavy atom. The molecule has 0 radical (unpaired) electrons. The number of fused-ring (bicyclic) bond motifs is 1. The van der Waals surface area contributed by atoms with E-state index in [2.05, 4.69) is 17.4 Å². The van der Waals surface area contributed by atoms with E-state index >= 15 is 0 Å². The molecule has 2 aliphatic rings. The minimum absolute atomic E-state index is 0.511. The average molecular weight is 233 g/mol. The van der Waals surface area contributed by atoms with Crippen LogP contribution in [0.5, 0.6) is 11.5 Å². The molecule has 1 fully saturated rings.